The Labute approximate surface area is 143 Å². The maximum absolute atomic E-state index is 11.4. The summed E-state index contributed by atoms with van der Waals surface area (Å²) in [7, 11) is 2.70. The molecule has 23 heavy (non-hydrogen) atoms. The summed E-state index contributed by atoms with van der Waals surface area (Å²) in [6, 6.07) is -0.973. The van der Waals surface area contributed by atoms with Gasteiger partial charge < -0.3 is 10.6 Å². The Kier molecular flexibility index (Phi) is 9.53. The van der Waals surface area contributed by atoms with Crippen molar-refractivity contribution in [3.05, 3.63) is 0 Å². The van der Waals surface area contributed by atoms with Crippen LogP contribution in [0, 0.1) is 5.92 Å². The van der Waals surface area contributed by atoms with Crippen molar-refractivity contribution in [2.24, 2.45) is 5.92 Å². The molecule has 1 aliphatic rings. The van der Waals surface area contributed by atoms with E-state index in [4.69, 9.17) is 0 Å². The van der Waals surface area contributed by atoms with E-state index in [2.05, 4.69) is 21.3 Å². The Morgan fingerprint density at radius 3 is 2.26 bits per heavy atom. The zero-order valence-corrected chi connectivity index (χ0v) is 14.6. The van der Waals surface area contributed by atoms with E-state index in [1.165, 1.54) is 21.6 Å². The molecular weight excluding hydrogens is 340 g/mol. The van der Waals surface area contributed by atoms with Crippen molar-refractivity contribution < 1.29 is 19.2 Å². The predicted molar refractivity (Wildman–Crippen MR) is 91.0 cm³/mol. The highest BCUT2D eigenvalue weighted by molar-refractivity contribution is 8.76. The predicted octanol–water partition coefficient (Wildman–Crippen LogP) is 0.839. The number of carbonyl (C=O) groups is 4. The van der Waals surface area contributed by atoms with Crippen molar-refractivity contribution >= 4 is 45.5 Å². The molecule has 0 spiro atoms. The highest BCUT2D eigenvalue weighted by Crippen LogP contribution is 2.28. The highest BCUT2D eigenvalue weighted by atomic mass is 33.1. The zero-order valence-electron chi connectivity index (χ0n) is 13.0. The lowest BCUT2D eigenvalue weighted by atomic mass is 10.4. The van der Waals surface area contributed by atoms with Gasteiger partial charge in [0.2, 0.25) is 11.8 Å². The second kappa shape index (κ2) is 11.2. The third kappa shape index (κ3) is 10.1. The van der Waals surface area contributed by atoms with Gasteiger partial charge in [-0.3, -0.25) is 20.2 Å². The molecule has 0 aromatic carbocycles. The summed E-state index contributed by atoms with van der Waals surface area (Å²) in [4.78, 5) is 45.3. The van der Waals surface area contributed by atoms with E-state index in [0.717, 1.165) is 19.3 Å². The first-order chi connectivity index (χ1) is 11.0. The lowest BCUT2D eigenvalue weighted by Crippen LogP contribution is -2.41. The van der Waals surface area contributed by atoms with E-state index < -0.39 is 12.1 Å². The Morgan fingerprint density at radius 2 is 1.61 bits per heavy atom. The van der Waals surface area contributed by atoms with Crippen molar-refractivity contribution in [3.8, 4) is 0 Å². The Morgan fingerprint density at radius 1 is 0.957 bits per heavy atom. The van der Waals surface area contributed by atoms with Crippen LogP contribution in [-0.2, 0) is 9.59 Å². The summed E-state index contributed by atoms with van der Waals surface area (Å²) in [5.41, 5.74) is 0. The maximum atomic E-state index is 11.4. The molecule has 0 saturated heterocycles. The molecule has 1 fully saturated rings. The fourth-order valence-corrected chi connectivity index (χ4v) is 3.15. The van der Waals surface area contributed by atoms with Crippen molar-refractivity contribution in [3.63, 3.8) is 0 Å². The van der Waals surface area contributed by atoms with Crippen LogP contribution in [-0.4, -0.2) is 48.5 Å². The normalized spacial score (nSPS) is 13.1. The molecule has 1 aliphatic carbocycles. The van der Waals surface area contributed by atoms with Crippen LogP contribution < -0.4 is 21.3 Å². The molecule has 6 amide bonds. The van der Waals surface area contributed by atoms with Gasteiger partial charge in [-0.05, 0) is 19.3 Å². The number of nitrogens with one attached hydrogen (secondary N) is 4. The lowest BCUT2D eigenvalue weighted by Gasteiger charge is -2.06. The highest BCUT2D eigenvalue weighted by Gasteiger charge is 2.30. The van der Waals surface area contributed by atoms with Gasteiger partial charge in [0.25, 0.3) is 0 Å². The Hall–Kier alpha value is -1.42. The van der Waals surface area contributed by atoms with Crippen LogP contribution in [0.15, 0.2) is 0 Å². The van der Waals surface area contributed by atoms with Gasteiger partial charge in [0.15, 0.2) is 0 Å². The van der Waals surface area contributed by atoms with Crippen LogP contribution in [0.3, 0.4) is 0 Å². The molecule has 10 heteroatoms. The summed E-state index contributed by atoms with van der Waals surface area (Å²) in [5.74, 6) is 0.153. The minimum atomic E-state index is -0.488. The summed E-state index contributed by atoms with van der Waals surface area (Å²) in [5, 5.41) is 9.61. The van der Waals surface area contributed by atoms with Crippen LogP contribution in [0.2, 0.25) is 0 Å². The molecule has 0 atom stereocenters. The summed E-state index contributed by atoms with van der Waals surface area (Å²) in [6.07, 6.45) is 2.51. The largest absolute Gasteiger partial charge is 0.338 e. The van der Waals surface area contributed by atoms with Gasteiger partial charge in [-0.15, -0.1) is 0 Å². The topological polar surface area (TPSA) is 116 Å². The van der Waals surface area contributed by atoms with Crippen LogP contribution in [0.4, 0.5) is 9.59 Å². The number of carbonyl (C=O) groups excluding carboxylic acids is 4. The van der Waals surface area contributed by atoms with Crippen LogP contribution in [0.25, 0.3) is 0 Å². The van der Waals surface area contributed by atoms with E-state index in [9.17, 15) is 19.2 Å². The van der Waals surface area contributed by atoms with Crippen molar-refractivity contribution in [1.82, 2.24) is 21.3 Å². The molecule has 8 nitrogen and oxygen atoms in total. The fourth-order valence-electron chi connectivity index (χ4n) is 1.41. The molecule has 4 N–H and O–H groups in total. The quantitative estimate of drug-likeness (QED) is 0.357. The van der Waals surface area contributed by atoms with Crippen molar-refractivity contribution in [2.45, 2.75) is 26.2 Å². The average Bonchev–Trinajstić information content (AvgIpc) is 3.33. The van der Waals surface area contributed by atoms with E-state index in [-0.39, 0.29) is 23.5 Å². The molecular formula is C13H22N4O4S2. The SMILES string of the molecule is CCCNC(=O)NC(=O)CSSCCNC(=O)NC(=O)C1CC1. The fraction of sp³-hybridized carbons (Fsp3) is 0.692. The minimum Gasteiger partial charge on any atom is -0.338 e. The van der Waals surface area contributed by atoms with E-state index in [1.54, 1.807) is 0 Å². The Balaban J connectivity index is 1.93. The number of imide groups is 2. The molecule has 0 aromatic heterocycles. The van der Waals surface area contributed by atoms with Crippen LogP contribution >= 0.6 is 21.6 Å². The molecule has 0 aromatic rings. The van der Waals surface area contributed by atoms with E-state index in [1.807, 2.05) is 6.92 Å². The smallest absolute Gasteiger partial charge is 0.321 e. The molecule has 0 unspecified atom stereocenters. The number of urea groups is 2. The maximum Gasteiger partial charge on any atom is 0.321 e. The van der Waals surface area contributed by atoms with E-state index >= 15 is 0 Å². The zero-order chi connectivity index (χ0) is 17.1. The number of hydrogen-bond donors (Lipinski definition) is 4. The van der Waals surface area contributed by atoms with Gasteiger partial charge in [0.05, 0.1) is 5.75 Å². The van der Waals surface area contributed by atoms with Gasteiger partial charge in [0, 0.05) is 24.8 Å². The first kappa shape index (κ1) is 19.6. The van der Waals surface area contributed by atoms with E-state index in [0.29, 0.717) is 18.8 Å². The van der Waals surface area contributed by atoms with Crippen LogP contribution in [0.5, 0.6) is 0 Å². The average molecular weight is 362 g/mol. The van der Waals surface area contributed by atoms with Crippen LogP contribution in [0.1, 0.15) is 26.2 Å². The summed E-state index contributed by atoms with van der Waals surface area (Å²) < 4.78 is 0. The number of rotatable bonds is 9. The van der Waals surface area contributed by atoms with Gasteiger partial charge >= 0.3 is 12.1 Å². The van der Waals surface area contributed by atoms with Crippen molar-refractivity contribution in [2.75, 3.05) is 24.6 Å². The van der Waals surface area contributed by atoms with Gasteiger partial charge in [0.1, 0.15) is 0 Å². The molecule has 0 heterocycles. The monoisotopic (exact) mass is 362 g/mol. The molecule has 1 rings (SSSR count). The second-order valence-electron chi connectivity index (χ2n) is 4.91. The molecule has 0 bridgehead atoms. The number of hydrogen-bond acceptors (Lipinski definition) is 6. The molecule has 0 aliphatic heterocycles. The van der Waals surface area contributed by atoms with Gasteiger partial charge in [-0.25, -0.2) is 9.59 Å². The second-order valence-corrected chi connectivity index (χ2v) is 7.49. The standard InChI is InChI=1S/C13H22N4O4S2/c1-2-5-14-12(20)16-10(18)8-23-22-7-6-15-13(21)17-11(19)9-3-4-9/h9H,2-8H2,1H3,(H2,14,16,18,20)(H2,15,17,19,21). The number of amides is 6. The minimum absolute atomic E-state index is 0.00119. The molecule has 0 radical (unpaired) electrons. The Bertz CT molecular complexity index is 444. The molecule has 1 saturated carbocycles. The molecule has 130 valence electrons. The first-order valence-electron chi connectivity index (χ1n) is 7.43. The van der Waals surface area contributed by atoms with Gasteiger partial charge in [-0.2, -0.15) is 0 Å². The van der Waals surface area contributed by atoms with Crippen molar-refractivity contribution in [1.29, 1.82) is 0 Å². The lowest BCUT2D eigenvalue weighted by molar-refractivity contribution is -0.121. The third-order valence-corrected chi connectivity index (χ3v) is 4.99. The summed E-state index contributed by atoms with van der Waals surface area (Å²) in [6.45, 7) is 2.84. The van der Waals surface area contributed by atoms with Gasteiger partial charge in [-0.1, -0.05) is 28.5 Å². The summed E-state index contributed by atoms with van der Waals surface area (Å²) >= 11 is 0. The third-order valence-electron chi connectivity index (χ3n) is 2.72. The first-order valence-corrected chi connectivity index (χ1v) is 9.92.